The predicted molar refractivity (Wildman–Crippen MR) is 67.4 cm³/mol. The molecule has 1 aromatic carbocycles. The third-order valence-corrected chi connectivity index (χ3v) is 2.74. The van der Waals surface area contributed by atoms with Gasteiger partial charge in [-0.2, -0.15) is 0 Å². The highest BCUT2D eigenvalue weighted by Gasteiger charge is 2.10. The minimum atomic E-state index is 0.314. The normalized spacial score (nSPS) is 12.5. The molecule has 0 saturated heterocycles. The Bertz CT molecular complexity index is 314. The van der Waals surface area contributed by atoms with E-state index in [-0.39, 0.29) is 0 Å². The quantitative estimate of drug-likeness (QED) is 0.885. The van der Waals surface area contributed by atoms with Crippen molar-refractivity contribution in [3.63, 3.8) is 0 Å². The molecular weight excluding hydrogens is 254 g/mol. The van der Waals surface area contributed by atoms with E-state index in [9.17, 15) is 0 Å². The molecule has 0 aliphatic carbocycles. The van der Waals surface area contributed by atoms with Crippen molar-refractivity contribution < 1.29 is 4.74 Å². The van der Waals surface area contributed by atoms with E-state index < -0.39 is 0 Å². The lowest BCUT2D eigenvalue weighted by Crippen LogP contribution is -2.18. The fourth-order valence-electron chi connectivity index (χ4n) is 1.56. The fourth-order valence-corrected chi connectivity index (χ4v) is 1.94. The summed E-state index contributed by atoms with van der Waals surface area (Å²) in [7, 11) is 0. The minimum Gasteiger partial charge on any atom is -0.494 e. The van der Waals surface area contributed by atoms with Crippen molar-refractivity contribution in [1.29, 1.82) is 0 Å². The first-order chi connectivity index (χ1) is 7.19. The molecule has 3 heteroatoms. The molecule has 0 aromatic heterocycles. The smallest absolute Gasteiger partial charge is 0.124 e. The van der Waals surface area contributed by atoms with E-state index in [0.717, 1.165) is 16.8 Å². The lowest BCUT2D eigenvalue weighted by Gasteiger charge is -2.17. The van der Waals surface area contributed by atoms with Crippen LogP contribution in [0.2, 0.25) is 0 Å². The molecule has 0 saturated carbocycles. The molecule has 2 nitrogen and oxygen atoms in total. The van der Waals surface area contributed by atoms with Crippen molar-refractivity contribution in [2.75, 3.05) is 13.2 Å². The Morgan fingerprint density at radius 2 is 2.13 bits per heavy atom. The first kappa shape index (κ1) is 12.5. The Morgan fingerprint density at radius 1 is 1.40 bits per heavy atom. The number of halogens is 1. The molecule has 0 radical (unpaired) electrons. The summed E-state index contributed by atoms with van der Waals surface area (Å²) < 4.78 is 6.69. The second kappa shape index (κ2) is 6.13. The first-order valence-electron chi connectivity index (χ1n) is 5.34. The SMILES string of the molecule is CCNC(C)c1cc(Br)ccc1OCC. The number of rotatable bonds is 5. The average Bonchev–Trinajstić information content (AvgIpc) is 2.21. The molecule has 1 rings (SSSR count). The van der Waals surface area contributed by atoms with Gasteiger partial charge in [0, 0.05) is 16.1 Å². The zero-order valence-electron chi connectivity index (χ0n) is 9.51. The molecule has 0 fully saturated rings. The highest BCUT2D eigenvalue weighted by molar-refractivity contribution is 9.10. The van der Waals surface area contributed by atoms with Gasteiger partial charge in [0.2, 0.25) is 0 Å². The highest BCUT2D eigenvalue weighted by atomic mass is 79.9. The van der Waals surface area contributed by atoms with Gasteiger partial charge in [0.15, 0.2) is 0 Å². The zero-order chi connectivity index (χ0) is 11.3. The number of nitrogens with one attached hydrogen (secondary N) is 1. The van der Waals surface area contributed by atoms with Crippen molar-refractivity contribution in [2.45, 2.75) is 26.8 Å². The standard InChI is InChI=1S/C12H18BrNO/c1-4-14-9(3)11-8-10(13)6-7-12(11)15-5-2/h6-9,14H,4-5H2,1-3H3. The predicted octanol–water partition coefficient (Wildman–Crippen LogP) is 3.52. The van der Waals surface area contributed by atoms with Gasteiger partial charge in [0.1, 0.15) is 5.75 Å². The summed E-state index contributed by atoms with van der Waals surface area (Å²) in [6.07, 6.45) is 0. The van der Waals surface area contributed by atoms with Gasteiger partial charge in [-0.25, -0.2) is 0 Å². The second-order valence-electron chi connectivity index (χ2n) is 3.39. The van der Waals surface area contributed by atoms with Gasteiger partial charge in [-0.1, -0.05) is 22.9 Å². The zero-order valence-corrected chi connectivity index (χ0v) is 11.1. The summed E-state index contributed by atoms with van der Waals surface area (Å²) in [5, 5.41) is 3.39. The Balaban J connectivity index is 2.95. The van der Waals surface area contributed by atoms with Gasteiger partial charge in [0.25, 0.3) is 0 Å². The molecule has 0 bridgehead atoms. The molecular formula is C12H18BrNO. The van der Waals surface area contributed by atoms with Crippen LogP contribution in [0.3, 0.4) is 0 Å². The molecule has 1 unspecified atom stereocenters. The van der Waals surface area contributed by atoms with Crippen molar-refractivity contribution in [3.05, 3.63) is 28.2 Å². The van der Waals surface area contributed by atoms with E-state index in [4.69, 9.17) is 4.74 Å². The third kappa shape index (κ3) is 3.50. The second-order valence-corrected chi connectivity index (χ2v) is 4.31. The van der Waals surface area contributed by atoms with Gasteiger partial charge in [-0.3, -0.25) is 0 Å². The molecule has 0 amide bonds. The third-order valence-electron chi connectivity index (χ3n) is 2.25. The Hall–Kier alpha value is -0.540. The van der Waals surface area contributed by atoms with Gasteiger partial charge in [-0.05, 0) is 38.6 Å². The molecule has 1 aromatic rings. The molecule has 1 atom stereocenters. The molecule has 0 spiro atoms. The van der Waals surface area contributed by atoms with E-state index in [0.29, 0.717) is 12.6 Å². The van der Waals surface area contributed by atoms with Crippen LogP contribution in [0.4, 0.5) is 0 Å². The number of ether oxygens (including phenoxy) is 1. The van der Waals surface area contributed by atoms with Crippen molar-refractivity contribution in [3.8, 4) is 5.75 Å². The number of benzene rings is 1. The van der Waals surface area contributed by atoms with Gasteiger partial charge in [0.05, 0.1) is 6.61 Å². The summed E-state index contributed by atoms with van der Waals surface area (Å²) in [5.41, 5.74) is 1.20. The van der Waals surface area contributed by atoms with Crippen LogP contribution in [-0.4, -0.2) is 13.2 Å². The van der Waals surface area contributed by atoms with E-state index in [2.05, 4.69) is 41.2 Å². The Morgan fingerprint density at radius 3 is 2.73 bits per heavy atom. The lowest BCUT2D eigenvalue weighted by molar-refractivity contribution is 0.332. The summed E-state index contributed by atoms with van der Waals surface area (Å²) in [5.74, 6) is 0.967. The van der Waals surface area contributed by atoms with Gasteiger partial charge in [-0.15, -0.1) is 0 Å². The van der Waals surface area contributed by atoms with Crippen molar-refractivity contribution >= 4 is 15.9 Å². The number of hydrogen-bond donors (Lipinski definition) is 1. The summed E-state index contributed by atoms with van der Waals surface area (Å²) in [4.78, 5) is 0. The summed E-state index contributed by atoms with van der Waals surface area (Å²) in [6, 6.07) is 6.44. The lowest BCUT2D eigenvalue weighted by atomic mass is 10.1. The monoisotopic (exact) mass is 271 g/mol. The first-order valence-corrected chi connectivity index (χ1v) is 6.14. The van der Waals surface area contributed by atoms with Gasteiger partial charge >= 0.3 is 0 Å². The topological polar surface area (TPSA) is 21.3 Å². The molecule has 1 N–H and O–H groups in total. The number of hydrogen-bond acceptors (Lipinski definition) is 2. The van der Waals surface area contributed by atoms with Gasteiger partial charge < -0.3 is 10.1 Å². The van der Waals surface area contributed by atoms with Crippen LogP contribution in [-0.2, 0) is 0 Å². The van der Waals surface area contributed by atoms with E-state index in [1.165, 1.54) is 5.56 Å². The largest absolute Gasteiger partial charge is 0.494 e. The fraction of sp³-hybridized carbons (Fsp3) is 0.500. The van der Waals surface area contributed by atoms with E-state index in [1.807, 2.05) is 19.1 Å². The summed E-state index contributed by atoms with van der Waals surface area (Å²) in [6.45, 7) is 7.92. The average molecular weight is 272 g/mol. The van der Waals surface area contributed by atoms with E-state index in [1.54, 1.807) is 0 Å². The molecule has 0 aliphatic rings. The molecule has 0 heterocycles. The highest BCUT2D eigenvalue weighted by Crippen LogP contribution is 2.28. The maximum absolute atomic E-state index is 5.60. The maximum Gasteiger partial charge on any atom is 0.124 e. The Kier molecular flexibility index (Phi) is 5.12. The minimum absolute atomic E-state index is 0.314. The van der Waals surface area contributed by atoms with Crippen LogP contribution in [0.15, 0.2) is 22.7 Å². The maximum atomic E-state index is 5.60. The van der Waals surface area contributed by atoms with Crippen LogP contribution in [0.25, 0.3) is 0 Å². The van der Waals surface area contributed by atoms with Crippen LogP contribution in [0.5, 0.6) is 5.75 Å². The summed E-state index contributed by atoms with van der Waals surface area (Å²) >= 11 is 3.48. The Labute approximate surface area is 100 Å². The van der Waals surface area contributed by atoms with Crippen LogP contribution < -0.4 is 10.1 Å². The molecule has 0 aliphatic heterocycles. The van der Waals surface area contributed by atoms with Crippen molar-refractivity contribution in [2.24, 2.45) is 0 Å². The van der Waals surface area contributed by atoms with Crippen LogP contribution >= 0.6 is 15.9 Å². The van der Waals surface area contributed by atoms with Crippen LogP contribution in [0, 0.1) is 0 Å². The van der Waals surface area contributed by atoms with Crippen molar-refractivity contribution in [1.82, 2.24) is 5.32 Å². The van der Waals surface area contributed by atoms with E-state index >= 15 is 0 Å². The molecule has 15 heavy (non-hydrogen) atoms. The van der Waals surface area contributed by atoms with Crippen LogP contribution in [0.1, 0.15) is 32.4 Å². The molecule has 84 valence electrons.